The second kappa shape index (κ2) is 5.12. The second-order valence-electron chi connectivity index (χ2n) is 3.90. The van der Waals surface area contributed by atoms with Crippen molar-refractivity contribution in [3.05, 3.63) is 17.7 Å². The summed E-state index contributed by atoms with van der Waals surface area (Å²) in [6.45, 7) is 5.81. The molecule has 0 aliphatic rings. The number of imidazole rings is 1. The number of nitrogens with zero attached hydrogens (tertiary/aromatic N) is 2. The van der Waals surface area contributed by atoms with Crippen LogP contribution in [0.2, 0.25) is 0 Å². The number of aromatic nitrogens is 2. The maximum Gasteiger partial charge on any atom is 0.322 e. The number of carbonyl (C=O) groups is 1. The molecule has 1 rings (SSSR count). The van der Waals surface area contributed by atoms with Crippen molar-refractivity contribution in [3.63, 3.8) is 0 Å². The molecule has 0 radical (unpaired) electrons. The topological polar surface area (TPSA) is 67.2 Å². The first-order valence-electron chi connectivity index (χ1n) is 5.45. The smallest absolute Gasteiger partial charge is 0.322 e. The summed E-state index contributed by atoms with van der Waals surface area (Å²) >= 11 is 0. The molecule has 1 aromatic heterocycles. The monoisotopic (exact) mass is 225 g/mol. The summed E-state index contributed by atoms with van der Waals surface area (Å²) in [5, 5.41) is 11.9. The Hall–Kier alpha value is -1.36. The van der Waals surface area contributed by atoms with Crippen LogP contribution in [-0.2, 0) is 11.2 Å². The van der Waals surface area contributed by atoms with Crippen LogP contribution < -0.4 is 5.32 Å². The predicted molar refractivity (Wildman–Crippen MR) is 61.5 cm³/mol. The van der Waals surface area contributed by atoms with E-state index in [0.29, 0.717) is 0 Å². The molecule has 0 bridgehead atoms. The number of likely N-dealkylation sites (N-methyl/N-ethyl adjacent to an activating group) is 1. The molecule has 5 heteroatoms. The molecule has 1 heterocycles. The van der Waals surface area contributed by atoms with Crippen molar-refractivity contribution < 1.29 is 9.90 Å². The highest BCUT2D eigenvalue weighted by atomic mass is 16.4. The molecule has 16 heavy (non-hydrogen) atoms. The first-order chi connectivity index (χ1) is 7.51. The van der Waals surface area contributed by atoms with Gasteiger partial charge in [-0.2, -0.15) is 0 Å². The van der Waals surface area contributed by atoms with Crippen molar-refractivity contribution in [2.45, 2.75) is 39.3 Å². The molecular formula is C11H19N3O2. The Bertz CT molecular complexity index is 373. The van der Waals surface area contributed by atoms with E-state index in [4.69, 9.17) is 5.11 Å². The van der Waals surface area contributed by atoms with E-state index in [-0.39, 0.29) is 6.04 Å². The van der Waals surface area contributed by atoms with Gasteiger partial charge in [0, 0.05) is 12.6 Å². The molecule has 1 aromatic rings. The van der Waals surface area contributed by atoms with Crippen LogP contribution in [-0.4, -0.2) is 33.7 Å². The van der Waals surface area contributed by atoms with Crippen molar-refractivity contribution in [1.29, 1.82) is 0 Å². The number of aliphatic carboxylic acids is 1. The molecular weight excluding hydrogens is 206 g/mol. The lowest BCUT2D eigenvalue weighted by atomic mass is 10.1. The first-order valence-corrected chi connectivity index (χ1v) is 5.45. The summed E-state index contributed by atoms with van der Waals surface area (Å²) in [6.07, 6.45) is 2.70. The molecule has 2 atom stereocenters. The van der Waals surface area contributed by atoms with Gasteiger partial charge in [-0.15, -0.1) is 0 Å². The third-order valence-corrected chi connectivity index (χ3v) is 2.74. The van der Waals surface area contributed by atoms with Gasteiger partial charge >= 0.3 is 5.97 Å². The standard InChI is InChI=1S/C11H19N3O2/c1-5-9-13-7(2)6-14(9)8(3)10(12-4)11(15)16/h6,8,10,12H,5H2,1-4H3,(H,15,16). The lowest BCUT2D eigenvalue weighted by Crippen LogP contribution is -2.40. The van der Waals surface area contributed by atoms with Crippen LogP contribution in [0.4, 0.5) is 0 Å². The Balaban J connectivity index is 3.02. The van der Waals surface area contributed by atoms with Gasteiger partial charge in [-0.3, -0.25) is 4.79 Å². The third kappa shape index (κ3) is 2.41. The molecule has 0 saturated heterocycles. The zero-order valence-corrected chi connectivity index (χ0v) is 10.2. The van der Waals surface area contributed by atoms with E-state index in [1.165, 1.54) is 0 Å². The lowest BCUT2D eigenvalue weighted by Gasteiger charge is -2.22. The van der Waals surface area contributed by atoms with E-state index in [1.54, 1.807) is 7.05 Å². The maximum atomic E-state index is 11.1. The largest absolute Gasteiger partial charge is 0.480 e. The van der Waals surface area contributed by atoms with Crippen LogP contribution >= 0.6 is 0 Å². The van der Waals surface area contributed by atoms with E-state index < -0.39 is 12.0 Å². The second-order valence-corrected chi connectivity index (χ2v) is 3.90. The number of nitrogens with one attached hydrogen (secondary N) is 1. The van der Waals surface area contributed by atoms with Gasteiger partial charge in [0.1, 0.15) is 11.9 Å². The fourth-order valence-corrected chi connectivity index (χ4v) is 1.91. The highest BCUT2D eigenvalue weighted by Gasteiger charge is 2.25. The highest BCUT2D eigenvalue weighted by Crippen LogP contribution is 2.16. The van der Waals surface area contributed by atoms with Crippen molar-refractivity contribution in [1.82, 2.24) is 14.9 Å². The van der Waals surface area contributed by atoms with Crippen LogP contribution in [0.3, 0.4) is 0 Å². The van der Waals surface area contributed by atoms with Crippen molar-refractivity contribution in [2.24, 2.45) is 0 Å². The van der Waals surface area contributed by atoms with Crippen LogP contribution in [0.15, 0.2) is 6.20 Å². The van der Waals surface area contributed by atoms with E-state index in [0.717, 1.165) is 17.9 Å². The average Bonchev–Trinajstić information content (AvgIpc) is 2.59. The molecule has 2 unspecified atom stereocenters. The van der Waals surface area contributed by atoms with Gasteiger partial charge in [-0.05, 0) is 20.9 Å². The van der Waals surface area contributed by atoms with Gasteiger partial charge in [-0.1, -0.05) is 6.92 Å². The van der Waals surface area contributed by atoms with Crippen LogP contribution in [0.5, 0.6) is 0 Å². The summed E-state index contributed by atoms with van der Waals surface area (Å²) in [6, 6.07) is -0.752. The summed E-state index contributed by atoms with van der Waals surface area (Å²) in [5.41, 5.74) is 0.920. The first kappa shape index (κ1) is 12.7. The number of carboxylic acid groups (broad SMARTS) is 1. The van der Waals surface area contributed by atoms with E-state index in [1.807, 2.05) is 31.5 Å². The van der Waals surface area contributed by atoms with Gasteiger partial charge in [0.2, 0.25) is 0 Å². The number of hydrogen-bond donors (Lipinski definition) is 2. The molecule has 2 N–H and O–H groups in total. The molecule has 0 aromatic carbocycles. The molecule has 0 fully saturated rings. The van der Waals surface area contributed by atoms with Gasteiger partial charge in [0.15, 0.2) is 0 Å². The Morgan fingerprint density at radius 3 is 2.75 bits per heavy atom. The number of hydrogen-bond acceptors (Lipinski definition) is 3. The summed E-state index contributed by atoms with van der Waals surface area (Å²) < 4.78 is 1.94. The molecule has 0 saturated carbocycles. The predicted octanol–water partition coefficient (Wildman–Crippen LogP) is 0.988. The van der Waals surface area contributed by atoms with Gasteiger partial charge < -0.3 is 15.0 Å². The zero-order chi connectivity index (χ0) is 12.3. The Kier molecular flexibility index (Phi) is 4.06. The van der Waals surface area contributed by atoms with Gasteiger partial charge in [0.05, 0.1) is 11.7 Å². The normalized spacial score (nSPS) is 14.8. The average molecular weight is 225 g/mol. The number of aryl methyl sites for hydroxylation is 2. The lowest BCUT2D eigenvalue weighted by molar-refractivity contribution is -0.140. The SMILES string of the molecule is CCc1nc(C)cn1C(C)C(NC)C(=O)O. The number of rotatable bonds is 5. The van der Waals surface area contributed by atoms with Crippen molar-refractivity contribution in [2.75, 3.05) is 7.05 Å². The summed E-state index contributed by atoms with van der Waals surface area (Å²) in [4.78, 5) is 15.4. The number of carboxylic acids is 1. The van der Waals surface area contributed by atoms with E-state index >= 15 is 0 Å². The molecule has 5 nitrogen and oxygen atoms in total. The van der Waals surface area contributed by atoms with Crippen LogP contribution in [0.1, 0.15) is 31.4 Å². The summed E-state index contributed by atoms with van der Waals surface area (Å²) in [5.74, 6) is 0.0786. The van der Waals surface area contributed by atoms with Crippen LogP contribution in [0.25, 0.3) is 0 Å². The summed E-state index contributed by atoms with van der Waals surface area (Å²) in [7, 11) is 1.66. The van der Waals surface area contributed by atoms with E-state index in [9.17, 15) is 4.79 Å². The van der Waals surface area contributed by atoms with Crippen LogP contribution in [0, 0.1) is 6.92 Å². The van der Waals surface area contributed by atoms with Crippen molar-refractivity contribution in [3.8, 4) is 0 Å². The van der Waals surface area contributed by atoms with E-state index in [2.05, 4.69) is 10.3 Å². The molecule has 0 aliphatic carbocycles. The molecule has 0 spiro atoms. The third-order valence-electron chi connectivity index (χ3n) is 2.74. The van der Waals surface area contributed by atoms with Gasteiger partial charge in [-0.25, -0.2) is 4.98 Å². The Morgan fingerprint density at radius 1 is 1.69 bits per heavy atom. The highest BCUT2D eigenvalue weighted by molar-refractivity contribution is 5.74. The Morgan fingerprint density at radius 2 is 2.31 bits per heavy atom. The molecule has 0 aliphatic heterocycles. The quantitative estimate of drug-likeness (QED) is 0.784. The minimum atomic E-state index is -0.844. The Labute approximate surface area is 95.5 Å². The van der Waals surface area contributed by atoms with Gasteiger partial charge in [0.25, 0.3) is 0 Å². The maximum absolute atomic E-state index is 11.1. The van der Waals surface area contributed by atoms with Crippen molar-refractivity contribution >= 4 is 5.97 Å². The fourth-order valence-electron chi connectivity index (χ4n) is 1.91. The minimum absolute atomic E-state index is 0.154. The zero-order valence-electron chi connectivity index (χ0n) is 10.2. The minimum Gasteiger partial charge on any atom is -0.480 e. The molecule has 90 valence electrons. The fraction of sp³-hybridized carbons (Fsp3) is 0.636. The molecule has 0 amide bonds.